The Bertz CT molecular complexity index is 1800. The van der Waals surface area contributed by atoms with Crippen molar-refractivity contribution in [3.05, 3.63) is 71.0 Å². The van der Waals surface area contributed by atoms with E-state index in [1.165, 1.54) is 6.07 Å². The number of halogens is 4. The van der Waals surface area contributed by atoms with E-state index in [9.17, 15) is 26.0 Å². The highest BCUT2D eigenvalue weighted by atomic mass is 32.2. The van der Waals surface area contributed by atoms with Gasteiger partial charge in [0.05, 0.1) is 24.5 Å². The van der Waals surface area contributed by atoms with Crippen LogP contribution in [0, 0.1) is 12.7 Å². The van der Waals surface area contributed by atoms with Crippen LogP contribution < -0.4 is 15.7 Å². The normalized spacial score (nSPS) is 16.0. The van der Waals surface area contributed by atoms with E-state index in [1.807, 2.05) is 17.6 Å². The maximum absolute atomic E-state index is 14.4. The number of pyridine rings is 2. The van der Waals surface area contributed by atoms with E-state index >= 15 is 0 Å². The molecular formula is C26H23F4N7O3S. The Balaban J connectivity index is 1.34. The number of rotatable bonds is 6. The first-order valence-electron chi connectivity index (χ1n) is 12.6. The topological polar surface area (TPSA) is 123 Å². The number of benzene rings is 1. The largest absolute Gasteiger partial charge is 0.419 e. The molecule has 1 saturated heterocycles. The van der Waals surface area contributed by atoms with Gasteiger partial charge in [0.2, 0.25) is 15.6 Å². The molecule has 0 saturated carbocycles. The lowest BCUT2D eigenvalue weighted by molar-refractivity contribution is -0.140. The van der Waals surface area contributed by atoms with Crippen molar-refractivity contribution in [3.63, 3.8) is 0 Å². The van der Waals surface area contributed by atoms with Gasteiger partial charge in [0.25, 0.3) is 0 Å². The minimum atomic E-state index is -4.98. The maximum Gasteiger partial charge on any atom is 0.419 e. The zero-order valence-electron chi connectivity index (χ0n) is 21.5. The van der Waals surface area contributed by atoms with Crippen LogP contribution in [0.1, 0.15) is 16.8 Å². The Hall–Kier alpha value is -4.11. The molecule has 1 aromatic heterocycles. The number of anilines is 2. The molecule has 4 aliphatic rings. The standard InChI is InChI=1S/C26H23F4N7O3S/c1-14-2-3-16(36-41(38,39)13-21-22(27)20(4-5-31-21)26(28,29)30)9-18(14)19-8-15-10-33-25(34-17-11-40-12-17)35-23(15)37-7-6-32-24(19)37/h2-5,8-10,17,32,36H,6-7,11-13H2,1H3. The first-order valence-corrected chi connectivity index (χ1v) is 14.2. The van der Waals surface area contributed by atoms with Crippen molar-refractivity contribution >= 4 is 21.5 Å². The molecule has 0 unspecified atom stereocenters. The quantitative estimate of drug-likeness (QED) is 0.330. The second-order valence-electron chi connectivity index (χ2n) is 9.76. The predicted molar refractivity (Wildman–Crippen MR) is 141 cm³/mol. The van der Waals surface area contributed by atoms with Crippen molar-refractivity contribution in [2.24, 2.45) is 4.99 Å². The molecule has 10 nitrogen and oxygen atoms in total. The smallest absolute Gasteiger partial charge is 0.377 e. The summed E-state index contributed by atoms with van der Waals surface area (Å²) in [7, 11) is -4.32. The number of aryl methyl sites for hydroxylation is 1. The lowest BCUT2D eigenvalue weighted by Gasteiger charge is -2.21. The number of hydrogen-bond donors (Lipinski definition) is 2. The first kappa shape index (κ1) is 27.1. The molecule has 0 radical (unpaired) electrons. The van der Waals surface area contributed by atoms with Crippen molar-refractivity contribution < 1.29 is 30.7 Å². The van der Waals surface area contributed by atoms with Crippen molar-refractivity contribution in [1.82, 2.24) is 19.5 Å². The summed E-state index contributed by atoms with van der Waals surface area (Å²) in [5.41, 5.74) is 1.20. The summed E-state index contributed by atoms with van der Waals surface area (Å²) in [5.74, 6) is -1.31. The van der Waals surface area contributed by atoms with Gasteiger partial charge in [0, 0.05) is 42.3 Å². The molecule has 0 aliphatic carbocycles. The highest BCUT2D eigenvalue weighted by Crippen LogP contribution is 2.39. The highest BCUT2D eigenvalue weighted by molar-refractivity contribution is 7.91. The Morgan fingerprint density at radius 1 is 1.17 bits per heavy atom. The molecule has 214 valence electrons. The summed E-state index contributed by atoms with van der Waals surface area (Å²) >= 11 is 0. The number of hydrogen-bond acceptors (Lipinski definition) is 8. The van der Waals surface area contributed by atoms with Gasteiger partial charge in [0.15, 0.2) is 5.82 Å². The van der Waals surface area contributed by atoms with Gasteiger partial charge in [-0.05, 0) is 42.3 Å². The molecule has 41 heavy (non-hydrogen) atoms. The summed E-state index contributed by atoms with van der Waals surface area (Å²) < 4.78 is 88.9. The van der Waals surface area contributed by atoms with Crippen molar-refractivity contribution in [3.8, 4) is 22.5 Å². The van der Waals surface area contributed by atoms with Crippen molar-refractivity contribution in [2.45, 2.75) is 31.4 Å². The monoisotopic (exact) mass is 589 g/mol. The summed E-state index contributed by atoms with van der Waals surface area (Å²) in [6.45, 7) is 4.24. The Morgan fingerprint density at radius 3 is 2.71 bits per heavy atom. The molecule has 5 heterocycles. The number of aromatic nitrogens is 4. The molecule has 15 heteroatoms. The molecule has 4 aliphatic heterocycles. The predicted octanol–water partition coefficient (Wildman–Crippen LogP) is 3.58. The van der Waals surface area contributed by atoms with Crippen LogP contribution in [0.2, 0.25) is 0 Å². The van der Waals surface area contributed by atoms with Crippen LogP contribution >= 0.6 is 0 Å². The van der Waals surface area contributed by atoms with Crippen LogP contribution in [0.3, 0.4) is 0 Å². The van der Waals surface area contributed by atoms with E-state index in [4.69, 9.17) is 4.74 Å². The van der Waals surface area contributed by atoms with E-state index in [0.717, 1.165) is 28.7 Å². The van der Waals surface area contributed by atoms with Gasteiger partial charge in [-0.15, -0.1) is 0 Å². The molecule has 0 bridgehead atoms. The molecule has 1 fully saturated rings. The molecule has 0 atom stereocenters. The van der Waals surface area contributed by atoms with Crippen molar-refractivity contribution in [2.75, 3.05) is 29.8 Å². The molecule has 2 N–H and O–H groups in total. The fourth-order valence-electron chi connectivity index (χ4n) is 4.77. The van der Waals surface area contributed by atoms with E-state index in [1.54, 1.807) is 18.3 Å². The number of nitrogens with one attached hydrogen (secondary N) is 2. The molecule has 0 spiro atoms. The number of nitrogens with zero attached hydrogens (tertiary/aromatic N) is 5. The molecule has 2 aromatic rings. The fraction of sp³-hybridized carbons (Fsp3) is 0.308. The van der Waals surface area contributed by atoms with E-state index in [-0.39, 0.29) is 11.7 Å². The third kappa shape index (κ3) is 5.34. The van der Waals surface area contributed by atoms with Gasteiger partial charge in [-0.1, -0.05) is 6.07 Å². The Kier molecular flexibility index (Phi) is 6.65. The fourth-order valence-corrected chi connectivity index (χ4v) is 5.89. The number of ether oxygens (including phenoxy) is 1. The van der Waals surface area contributed by atoms with E-state index in [2.05, 4.69) is 30.0 Å². The third-order valence-corrected chi connectivity index (χ3v) is 8.00. The number of fused-ring (bicyclic) bond motifs is 3. The van der Waals surface area contributed by atoms with Gasteiger partial charge >= 0.3 is 6.18 Å². The van der Waals surface area contributed by atoms with Crippen LogP contribution in [-0.4, -0.2) is 53.7 Å². The van der Waals surface area contributed by atoms with E-state index in [0.29, 0.717) is 49.4 Å². The highest BCUT2D eigenvalue weighted by Gasteiger charge is 2.36. The SMILES string of the molecule is Cc1ccc(NS(=O)(=O)Cc2nccc(C(F)(F)F)c2F)cc1-c1cc2cnc(=NC3COC3)nc-2n2c1NCC2. The first-order chi connectivity index (χ1) is 19.5. The minimum Gasteiger partial charge on any atom is -0.377 e. The molecule has 0 amide bonds. The summed E-state index contributed by atoms with van der Waals surface area (Å²) in [5, 5.41) is 3.36. The van der Waals surface area contributed by atoms with Crippen molar-refractivity contribution in [1.29, 1.82) is 0 Å². The number of alkyl halides is 3. The summed E-state index contributed by atoms with van der Waals surface area (Å²) in [4.78, 5) is 17.1. The van der Waals surface area contributed by atoms with Crippen LogP contribution in [0.4, 0.5) is 29.1 Å². The minimum absolute atomic E-state index is 0.0397. The van der Waals surface area contributed by atoms with Crippen LogP contribution in [-0.2, 0) is 33.2 Å². The molecule has 6 rings (SSSR count). The maximum atomic E-state index is 14.4. The van der Waals surface area contributed by atoms with Gasteiger partial charge < -0.3 is 14.6 Å². The summed E-state index contributed by atoms with van der Waals surface area (Å²) in [6.07, 6.45) is -2.56. The van der Waals surface area contributed by atoms with Gasteiger partial charge in [-0.3, -0.25) is 9.71 Å². The van der Waals surface area contributed by atoms with E-state index < -0.39 is 39.0 Å². The van der Waals surface area contributed by atoms with Crippen LogP contribution in [0.5, 0.6) is 0 Å². The molecular weight excluding hydrogens is 566 g/mol. The summed E-state index contributed by atoms with van der Waals surface area (Å²) in [6, 6.07) is 7.26. The van der Waals surface area contributed by atoms with Crippen LogP contribution in [0.15, 0.2) is 47.7 Å². The van der Waals surface area contributed by atoms with Gasteiger partial charge in [-0.2, -0.15) is 18.2 Å². The van der Waals surface area contributed by atoms with Gasteiger partial charge in [-0.25, -0.2) is 22.8 Å². The lowest BCUT2D eigenvalue weighted by Crippen LogP contribution is -2.34. The average Bonchev–Trinajstić information content (AvgIpc) is 3.38. The number of sulfonamides is 1. The van der Waals surface area contributed by atoms with Gasteiger partial charge in [0.1, 0.15) is 23.4 Å². The zero-order valence-corrected chi connectivity index (χ0v) is 22.4. The molecule has 1 aromatic carbocycles. The lowest BCUT2D eigenvalue weighted by atomic mass is 9.98. The Morgan fingerprint density at radius 2 is 1.98 bits per heavy atom. The second-order valence-corrected chi connectivity index (χ2v) is 11.5. The Labute approximate surface area is 231 Å². The average molecular weight is 590 g/mol. The van der Waals surface area contributed by atoms with Crippen LogP contribution in [0.25, 0.3) is 22.5 Å². The third-order valence-electron chi connectivity index (χ3n) is 6.80. The zero-order chi connectivity index (χ0) is 28.9. The second kappa shape index (κ2) is 10.1.